The smallest absolute Gasteiger partial charge is 0.225 e. The maximum Gasteiger partial charge on any atom is 0.238 e. The Bertz CT molecular complexity index is 527. The van der Waals surface area contributed by atoms with Crippen molar-refractivity contribution in [2.75, 3.05) is 0 Å². The van der Waals surface area contributed by atoms with Crippen LogP contribution >= 0.6 is 23.2 Å². The lowest BCUT2D eigenvalue weighted by molar-refractivity contribution is 0.598. The minimum Gasteiger partial charge on any atom is -0.225 e. The Kier molecular flexibility index (Phi) is 3.43. The standard InChI is InChI=1S/C6H4Cl2N4O2S/c7-4-1-3(15(10,13)14)2-5(8)6(4)11-12-9/h1-2H,(H2,10,13,14). The van der Waals surface area contributed by atoms with Crippen molar-refractivity contribution in [3.8, 4) is 0 Å². The van der Waals surface area contributed by atoms with E-state index in [1.807, 2.05) is 0 Å². The first-order valence-electron chi connectivity index (χ1n) is 3.43. The Morgan fingerprint density at radius 2 is 1.80 bits per heavy atom. The van der Waals surface area contributed by atoms with Crippen molar-refractivity contribution in [2.24, 2.45) is 10.3 Å². The van der Waals surface area contributed by atoms with Gasteiger partial charge in [0, 0.05) is 4.91 Å². The van der Waals surface area contributed by atoms with Gasteiger partial charge < -0.3 is 0 Å². The lowest BCUT2D eigenvalue weighted by atomic mass is 10.3. The topological polar surface area (TPSA) is 109 Å². The average Bonchev–Trinajstić information content (AvgIpc) is 2.09. The maximum atomic E-state index is 11.0. The highest BCUT2D eigenvalue weighted by Gasteiger charge is 2.13. The fourth-order valence-corrected chi connectivity index (χ4v) is 2.10. The van der Waals surface area contributed by atoms with E-state index in [9.17, 15) is 8.42 Å². The summed E-state index contributed by atoms with van der Waals surface area (Å²) in [5.41, 5.74) is 8.16. The third kappa shape index (κ3) is 2.74. The van der Waals surface area contributed by atoms with Crippen LogP contribution in [-0.4, -0.2) is 8.42 Å². The van der Waals surface area contributed by atoms with Gasteiger partial charge in [0.25, 0.3) is 0 Å². The highest BCUT2D eigenvalue weighted by atomic mass is 35.5. The monoisotopic (exact) mass is 266 g/mol. The molecule has 80 valence electrons. The van der Waals surface area contributed by atoms with E-state index in [0.29, 0.717) is 0 Å². The Morgan fingerprint density at radius 1 is 1.33 bits per heavy atom. The van der Waals surface area contributed by atoms with Gasteiger partial charge in [0.1, 0.15) is 0 Å². The Morgan fingerprint density at radius 3 is 2.13 bits per heavy atom. The molecule has 0 fully saturated rings. The van der Waals surface area contributed by atoms with E-state index in [4.69, 9.17) is 33.9 Å². The van der Waals surface area contributed by atoms with E-state index in [-0.39, 0.29) is 20.6 Å². The summed E-state index contributed by atoms with van der Waals surface area (Å²) in [5.74, 6) is 0. The van der Waals surface area contributed by atoms with Crippen molar-refractivity contribution in [2.45, 2.75) is 4.90 Å². The number of primary sulfonamides is 1. The zero-order chi connectivity index (χ0) is 11.6. The number of sulfonamides is 1. The van der Waals surface area contributed by atoms with Crippen LogP contribution in [0.5, 0.6) is 0 Å². The van der Waals surface area contributed by atoms with Crippen LogP contribution in [0.1, 0.15) is 0 Å². The van der Waals surface area contributed by atoms with E-state index >= 15 is 0 Å². The number of benzene rings is 1. The molecule has 0 saturated heterocycles. The summed E-state index contributed by atoms with van der Waals surface area (Å²) in [6, 6.07) is 2.12. The Hall–Kier alpha value is -0.980. The zero-order valence-electron chi connectivity index (χ0n) is 7.05. The number of azide groups is 1. The van der Waals surface area contributed by atoms with Gasteiger partial charge in [0.2, 0.25) is 10.0 Å². The van der Waals surface area contributed by atoms with Gasteiger partial charge in [0.05, 0.1) is 20.6 Å². The van der Waals surface area contributed by atoms with E-state index in [0.717, 1.165) is 12.1 Å². The third-order valence-corrected chi connectivity index (χ3v) is 2.93. The predicted octanol–water partition coefficient (Wildman–Crippen LogP) is 2.58. The summed E-state index contributed by atoms with van der Waals surface area (Å²) >= 11 is 11.3. The molecule has 0 aliphatic carbocycles. The molecule has 0 heterocycles. The van der Waals surface area contributed by atoms with Crippen LogP contribution in [0.25, 0.3) is 10.4 Å². The first-order valence-corrected chi connectivity index (χ1v) is 5.73. The van der Waals surface area contributed by atoms with Crippen LogP contribution in [0.15, 0.2) is 22.1 Å². The van der Waals surface area contributed by atoms with Crippen LogP contribution in [-0.2, 0) is 10.0 Å². The Labute approximate surface area is 95.3 Å². The summed E-state index contributed by atoms with van der Waals surface area (Å²) in [5, 5.41) is 7.92. The molecule has 0 spiro atoms. The third-order valence-electron chi connectivity index (χ3n) is 1.46. The summed E-state index contributed by atoms with van der Waals surface area (Å²) in [7, 11) is -3.88. The molecular weight excluding hydrogens is 263 g/mol. The molecule has 0 atom stereocenters. The SMILES string of the molecule is [N-]=[N+]=Nc1c(Cl)cc(S(N)(=O)=O)cc1Cl. The highest BCUT2D eigenvalue weighted by molar-refractivity contribution is 7.89. The van der Waals surface area contributed by atoms with Crippen LogP contribution in [0.3, 0.4) is 0 Å². The molecule has 6 nitrogen and oxygen atoms in total. The van der Waals surface area contributed by atoms with Gasteiger partial charge in [0.15, 0.2) is 0 Å². The molecule has 1 aromatic carbocycles. The second kappa shape index (κ2) is 4.26. The lowest BCUT2D eigenvalue weighted by Crippen LogP contribution is -2.11. The molecule has 0 aliphatic heterocycles. The van der Waals surface area contributed by atoms with Crippen molar-refractivity contribution in [3.05, 3.63) is 32.6 Å². The van der Waals surface area contributed by atoms with E-state index in [1.54, 1.807) is 0 Å². The molecule has 0 saturated carbocycles. The van der Waals surface area contributed by atoms with Gasteiger partial charge in [-0.05, 0) is 17.7 Å². The largest absolute Gasteiger partial charge is 0.238 e. The van der Waals surface area contributed by atoms with Gasteiger partial charge in [-0.3, -0.25) is 0 Å². The van der Waals surface area contributed by atoms with E-state index in [1.165, 1.54) is 0 Å². The second-order valence-electron chi connectivity index (χ2n) is 2.47. The van der Waals surface area contributed by atoms with Gasteiger partial charge in [-0.15, -0.1) is 0 Å². The number of hydrogen-bond acceptors (Lipinski definition) is 3. The molecule has 0 aromatic heterocycles. The lowest BCUT2D eigenvalue weighted by Gasteiger charge is -2.03. The predicted molar refractivity (Wildman–Crippen MR) is 56.6 cm³/mol. The van der Waals surface area contributed by atoms with Crippen molar-refractivity contribution in [1.29, 1.82) is 0 Å². The first kappa shape index (κ1) is 12.1. The zero-order valence-corrected chi connectivity index (χ0v) is 9.38. The van der Waals surface area contributed by atoms with Crippen molar-refractivity contribution in [3.63, 3.8) is 0 Å². The quantitative estimate of drug-likeness (QED) is 0.504. The molecule has 0 unspecified atom stereocenters. The van der Waals surface area contributed by atoms with Gasteiger partial charge in [-0.25, -0.2) is 13.6 Å². The van der Waals surface area contributed by atoms with Gasteiger partial charge in [-0.1, -0.05) is 28.3 Å². The Balaban J connectivity index is 3.52. The van der Waals surface area contributed by atoms with Gasteiger partial charge in [-0.2, -0.15) is 0 Å². The molecule has 1 aromatic rings. The minimum absolute atomic E-state index is 0.0340. The number of rotatable bonds is 2. The van der Waals surface area contributed by atoms with E-state index < -0.39 is 10.0 Å². The molecule has 0 radical (unpaired) electrons. The van der Waals surface area contributed by atoms with Gasteiger partial charge >= 0.3 is 0 Å². The number of hydrogen-bond donors (Lipinski definition) is 1. The fourth-order valence-electron chi connectivity index (χ4n) is 0.847. The molecule has 0 aliphatic rings. The summed E-state index contributed by atoms with van der Waals surface area (Å²) in [6.45, 7) is 0. The maximum absolute atomic E-state index is 11.0. The van der Waals surface area contributed by atoms with Crippen molar-refractivity contribution >= 4 is 38.9 Å². The summed E-state index contributed by atoms with van der Waals surface area (Å²) < 4.78 is 21.9. The van der Waals surface area contributed by atoms with Crippen LogP contribution in [0.4, 0.5) is 5.69 Å². The summed E-state index contributed by atoms with van der Waals surface area (Å²) in [4.78, 5) is 2.25. The molecule has 2 N–H and O–H groups in total. The summed E-state index contributed by atoms with van der Waals surface area (Å²) in [6.07, 6.45) is 0. The molecule has 15 heavy (non-hydrogen) atoms. The molecule has 0 amide bonds. The molecule has 1 rings (SSSR count). The second-order valence-corrected chi connectivity index (χ2v) is 4.85. The highest BCUT2D eigenvalue weighted by Crippen LogP contribution is 2.35. The van der Waals surface area contributed by atoms with E-state index in [2.05, 4.69) is 10.0 Å². The molecular formula is C6H4Cl2N4O2S. The van der Waals surface area contributed by atoms with Crippen LogP contribution < -0.4 is 5.14 Å². The van der Waals surface area contributed by atoms with Crippen LogP contribution in [0, 0.1) is 0 Å². The number of nitrogens with two attached hydrogens (primary N) is 1. The van der Waals surface area contributed by atoms with Crippen molar-refractivity contribution < 1.29 is 8.42 Å². The number of nitrogens with zero attached hydrogens (tertiary/aromatic N) is 3. The van der Waals surface area contributed by atoms with Crippen LogP contribution in [0.2, 0.25) is 10.0 Å². The first-order chi connectivity index (χ1) is 6.86. The normalized spacial score (nSPS) is 10.9. The molecule has 9 heteroatoms. The average molecular weight is 267 g/mol. The minimum atomic E-state index is -3.88. The molecule has 0 bridgehead atoms. The fraction of sp³-hybridized carbons (Fsp3) is 0. The van der Waals surface area contributed by atoms with Crippen molar-refractivity contribution in [1.82, 2.24) is 0 Å². The number of halogens is 2.